The first-order valence-corrected chi connectivity index (χ1v) is 9.55. The Morgan fingerprint density at radius 3 is 2.73 bits per heavy atom. The Balaban J connectivity index is 1.68. The molecule has 22 heavy (non-hydrogen) atoms. The van der Waals surface area contributed by atoms with E-state index in [2.05, 4.69) is 5.32 Å². The smallest absolute Gasteiger partial charge is 0.317 e. The van der Waals surface area contributed by atoms with Gasteiger partial charge in [0.25, 0.3) is 5.91 Å². The number of likely N-dealkylation sites (tertiary alicyclic amines) is 1. The minimum absolute atomic E-state index is 0.0106. The molecule has 0 unspecified atom stereocenters. The number of nitrogens with one attached hydrogen (secondary N) is 1. The first-order valence-electron chi connectivity index (χ1n) is 7.68. The lowest BCUT2D eigenvalue weighted by Crippen LogP contribution is -2.55. The summed E-state index contributed by atoms with van der Waals surface area (Å²) in [4.78, 5) is 29.3. The van der Waals surface area contributed by atoms with Gasteiger partial charge in [0.2, 0.25) is 0 Å². The molecule has 1 spiro atoms. The number of thiophene rings is 1. The van der Waals surface area contributed by atoms with Crippen LogP contribution in [0.3, 0.4) is 0 Å². The van der Waals surface area contributed by atoms with Gasteiger partial charge in [-0.15, -0.1) is 23.1 Å². The van der Waals surface area contributed by atoms with E-state index in [9.17, 15) is 9.59 Å². The zero-order valence-corrected chi connectivity index (χ0v) is 14.3. The molecule has 3 rings (SSSR count). The molecule has 0 radical (unpaired) electrons. The largest absolute Gasteiger partial charge is 0.338 e. The highest BCUT2D eigenvalue weighted by molar-refractivity contribution is 8.00. The van der Waals surface area contributed by atoms with E-state index in [1.165, 1.54) is 11.3 Å². The van der Waals surface area contributed by atoms with Gasteiger partial charge in [0.15, 0.2) is 0 Å². The average Bonchev–Trinajstić information content (AvgIpc) is 3.18. The molecule has 0 saturated carbocycles. The Labute approximate surface area is 139 Å². The first-order chi connectivity index (χ1) is 10.7. The zero-order valence-electron chi connectivity index (χ0n) is 12.7. The van der Waals surface area contributed by atoms with Crippen LogP contribution in [0.15, 0.2) is 17.5 Å². The molecule has 0 aromatic carbocycles. The third-order valence-electron chi connectivity index (χ3n) is 4.31. The molecular formula is C15H21N3O2S2. The molecule has 2 aliphatic heterocycles. The number of rotatable bonds is 2. The minimum Gasteiger partial charge on any atom is -0.338 e. The van der Waals surface area contributed by atoms with Gasteiger partial charge in [0.05, 0.1) is 9.75 Å². The van der Waals surface area contributed by atoms with Crippen molar-refractivity contribution in [2.24, 2.45) is 0 Å². The number of hydrogen-bond acceptors (Lipinski definition) is 4. The van der Waals surface area contributed by atoms with Gasteiger partial charge in [-0.2, -0.15) is 0 Å². The Hall–Kier alpha value is -1.21. The van der Waals surface area contributed by atoms with Crippen molar-refractivity contribution in [1.82, 2.24) is 15.1 Å². The van der Waals surface area contributed by atoms with Crippen molar-refractivity contribution in [3.63, 3.8) is 0 Å². The van der Waals surface area contributed by atoms with Gasteiger partial charge in [0.1, 0.15) is 0 Å². The lowest BCUT2D eigenvalue weighted by atomic mass is 10.0. The third kappa shape index (κ3) is 2.84. The predicted molar refractivity (Wildman–Crippen MR) is 90.4 cm³/mol. The lowest BCUT2D eigenvalue weighted by molar-refractivity contribution is 0.0586. The summed E-state index contributed by atoms with van der Waals surface area (Å²) in [6.07, 6.45) is 1.71. The highest BCUT2D eigenvalue weighted by atomic mass is 32.2. The van der Waals surface area contributed by atoms with Crippen LogP contribution < -0.4 is 5.32 Å². The summed E-state index contributed by atoms with van der Waals surface area (Å²) in [5.74, 6) is 1.13. The van der Waals surface area contributed by atoms with Gasteiger partial charge in [-0.25, -0.2) is 4.79 Å². The van der Waals surface area contributed by atoms with E-state index in [1.807, 2.05) is 46.0 Å². The maximum Gasteiger partial charge on any atom is 0.317 e. The van der Waals surface area contributed by atoms with Crippen LogP contribution >= 0.6 is 23.1 Å². The lowest BCUT2D eigenvalue weighted by Gasteiger charge is -2.43. The maximum atomic E-state index is 12.7. The van der Waals surface area contributed by atoms with Crippen molar-refractivity contribution in [2.75, 3.05) is 31.9 Å². The molecule has 3 amide bonds. The highest BCUT2D eigenvalue weighted by Crippen LogP contribution is 2.44. The van der Waals surface area contributed by atoms with Gasteiger partial charge in [-0.05, 0) is 31.2 Å². The normalized spacial score (nSPS) is 20.4. The van der Waals surface area contributed by atoms with Crippen LogP contribution in [0.25, 0.3) is 0 Å². The van der Waals surface area contributed by atoms with Gasteiger partial charge < -0.3 is 15.1 Å². The summed E-state index contributed by atoms with van der Waals surface area (Å²) in [5.41, 5.74) is 0. The van der Waals surface area contributed by atoms with E-state index in [4.69, 9.17) is 0 Å². The second-order valence-corrected chi connectivity index (χ2v) is 7.96. The Morgan fingerprint density at radius 2 is 2.09 bits per heavy atom. The van der Waals surface area contributed by atoms with Crippen LogP contribution in [0, 0.1) is 0 Å². The number of amides is 3. The molecule has 1 aromatic heterocycles. The fraction of sp³-hybridized carbons (Fsp3) is 0.600. The molecule has 2 aliphatic rings. The molecule has 1 N–H and O–H groups in total. The molecule has 0 bridgehead atoms. The molecule has 2 saturated heterocycles. The van der Waals surface area contributed by atoms with Crippen LogP contribution in [-0.2, 0) is 0 Å². The first kappa shape index (κ1) is 15.7. The summed E-state index contributed by atoms with van der Waals surface area (Å²) in [6.45, 7) is 4.82. The maximum absolute atomic E-state index is 12.7. The molecular weight excluding hydrogens is 318 g/mol. The highest BCUT2D eigenvalue weighted by Gasteiger charge is 2.47. The van der Waals surface area contributed by atoms with E-state index in [0.717, 1.165) is 30.0 Å². The molecule has 5 nitrogen and oxygen atoms in total. The van der Waals surface area contributed by atoms with Crippen molar-refractivity contribution >= 4 is 35.0 Å². The van der Waals surface area contributed by atoms with Crippen LogP contribution in [0.5, 0.6) is 0 Å². The van der Waals surface area contributed by atoms with Gasteiger partial charge in [0, 0.05) is 31.9 Å². The summed E-state index contributed by atoms with van der Waals surface area (Å²) < 4.78 is 0. The van der Waals surface area contributed by atoms with Crippen molar-refractivity contribution in [3.8, 4) is 0 Å². The fourth-order valence-electron chi connectivity index (χ4n) is 3.16. The number of nitrogens with zero attached hydrogens (tertiary/aromatic N) is 2. The number of urea groups is 1. The van der Waals surface area contributed by atoms with Crippen molar-refractivity contribution in [1.29, 1.82) is 0 Å². The third-order valence-corrected chi connectivity index (χ3v) is 6.73. The Bertz CT molecular complexity index is 539. The summed E-state index contributed by atoms with van der Waals surface area (Å²) in [7, 11) is 0. The van der Waals surface area contributed by atoms with E-state index >= 15 is 0 Å². The second-order valence-electron chi connectivity index (χ2n) is 5.55. The molecule has 2 fully saturated rings. The molecule has 1 aromatic rings. The fourth-order valence-corrected chi connectivity index (χ4v) is 5.29. The van der Waals surface area contributed by atoms with Crippen molar-refractivity contribution in [3.05, 3.63) is 22.4 Å². The standard InChI is InChI=1S/C15H21N3O2S2/c1-2-16-14(20)17-7-5-15(6-8-17)18(9-11-22-15)13(19)12-4-3-10-21-12/h3-4,10H,2,5-9,11H2,1H3,(H,16,20). The Kier molecular flexibility index (Phi) is 4.63. The minimum atomic E-state index is -0.121. The summed E-state index contributed by atoms with van der Waals surface area (Å²) in [5, 5.41) is 4.80. The average molecular weight is 339 g/mol. The van der Waals surface area contributed by atoms with E-state index in [-0.39, 0.29) is 16.8 Å². The van der Waals surface area contributed by atoms with Crippen LogP contribution in [-0.4, -0.2) is 58.5 Å². The summed E-state index contributed by atoms with van der Waals surface area (Å²) >= 11 is 3.38. The monoisotopic (exact) mass is 339 g/mol. The van der Waals surface area contributed by atoms with Crippen LogP contribution in [0.2, 0.25) is 0 Å². The zero-order chi connectivity index (χ0) is 15.6. The quantitative estimate of drug-likeness (QED) is 0.900. The van der Waals surface area contributed by atoms with Gasteiger partial charge in [-0.3, -0.25) is 4.79 Å². The number of carbonyl (C=O) groups excluding carboxylic acids is 2. The van der Waals surface area contributed by atoms with Gasteiger partial charge >= 0.3 is 6.03 Å². The Morgan fingerprint density at radius 1 is 1.32 bits per heavy atom. The number of carbonyl (C=O) groups is 2. The number of hydrogen-bond donors (Lipinski definition) is 1. The molecule has 0 atom stereocenters. The molecule has 7 heteroatoms. The van der Waals surface area contributed by atoms with Crippen molar-refractivity contribution in [2.45, 2.75) is 24.6 Å². The van der Waals surface area contributed by atoms with E-state index in [0.29, 0.717) is 19.6 Å². The topological polar surface area (TPSA) is 52.7 Å². The number of thioether (sulfide) groups is 1. The number of piperidine rings is 1. The van der Waals surface area contributed by atoms with Crippen molar-refractivity contribution < 1.29 is 9.59 Å². The molecule has 3 heterocycles. The second kappa shape index (κ2) is 6.50. The van der Waals surface area contributed by atoms with E-state index < -0.39 is 0 Å². The van der Waals surface area contributed by atoms with Crippen LogP contribution in [0.4, 0.5) is 4.79 Å². The predicted octanol–water partition coefficient (Wildman–Crippen LogP) is 2.46. The molecule has 0 aliphatic carbocycles. The van der Waals surface area contributed by atoms with Crippen LogP contribution in [0.1, 0.15) is 29.4 Å². The SMILES string of the molecule is CCNC(=O)N1CCC2(CC1)SCCN2C(=O)c1cccs1. The van der Waals surface area contributed by atoms with E-state index in [1.54, 1.807) is 0 Å². The molecule has 120 valence electrons. The van der Waals surface area contributed by atoms with Gasteiger partial charge in [-0.1, -0.05) is 6.07 Å². The summed E-state index contributed by atoms with van der Waals surface area (Å²) in [6, 6.07) is 3.83.